The van der Waals surface area contributed by atoms with E-state index >= 15 is 0 Å². The molecule has 1 aromatic heterocycles. The molecule has 0 unspecified atom stereocenters. The Morgan fingerprint density at radius 2 is 1.91 bits per heavy atom. The van der Waals surface area contributed by atoms with Crippen molar-refractivity contribution in [3.05, 3.63) is 11.6 Å². The predicted octanol–water partition coefficient (Wildman–Crippen LogP) is 2.01. The zero-order valence-corrected chi connectivity index (χ0v) is 12.9. The molecule has 1 saturated heterocycles. The molecule has 124 valence electrons. The first-order valence-electron chi connectivity index (χ1n) is 7.11. The van der Waals surface area contributed by atoms with Crippen molar-refractivity contribution in [1.82, 2.24) is 24.6 Å². The Bertz CT molecular complexity index is 532. The molecule has 1 fully saturated rings. The molecule has 6 nitrogen and oxygen atoms in total. The number of likely N-dealkylation sites (tertiary alicyclic amines) is 1. The van der Waals surface area contributed by atoms with E-state index in [-0.39, 0.29) is 11.9 Å². The fourth-order valence-electron chi connectivity index (χ4n) is 2.67. The molecular formula is C13H20F3N5O. The van der Waals surface area contributed by atoms with Crippen molar-refractivity contribution in [2.45, 2.75) is 38.4 Å². The largest absolute Gasteiger partial charge is 0.408 e. The third-order valence-corrected chi connectivity index (χ3v) is 3.65. The van der Waals surface area contributed by atoms with Crippen molar-refractivity contribution >= 4 is 6.03 Å². The van der Waals surface area contributed by atoms with Gasteiger partial charge in [0.1, 0.15) is 18.2 Å². The van der Waals surface area contributed by atoms with Gasteiger partial charge in [-0.15, -0.1) is 0 Å². The molecule has 0 N–H and O–H groups in total. The summed E-state index contributed by atoms with van der Waals surface area (Å²) in [6.07, 6.45) is -3.14. The highest BCUT2D eigenvalue weighted by atomic mass is 19.4. The molecule has 0 radical (unpaired) electrons. The summed E-state index contributed by atoms with van der Waals surface area (Å²) in [4.78, 5) is 19.2. The SMILES string of the molecule is Cc1nc(C2CCN(C(=O)N(C)C)CC2)n(CC(F)(F)F)n1. The standard InChI is InChI=1S/C13H20F3N5O/c1-9-17-11(21(18-9)8-13(14,15)16)10-4-6-20(7-5-10)12(22)19(2)3/h10H,4-8H2,1-3H3. The summed E-state index contributed by atoms with van der Waals surface area (Å²) in [5.74, 6) is 0.604. The second kappa shape index (κ2) is 6.13. The number of piperidine rings is 1. The zero-order valence-electron chi connectivity index (χ0n) is 12.9. The minimum absolute atomic E-state index is 0.0774. The highest BCUT2D eigenvalue weighted by molar-refractivity contribution is 5.73. The topological polar surface area (TPSA) is 54.3 Å². The van der Waals surface area contributed by atoms with Crippen LogP contribution in [0.5, 0.6) is 0 Å². The lowest BCUT2D eigenvalue weighted by molar-refractivity contribution is -0.143. The van der Waals surface area contributed by atoms with Gasteiger partial charge in [-0.05, 0) is 19.8 Å². The zero-order chi connectivity index (χ0) is 16.5. The smallest absolute Gasteiger partial charge is 0.331 e. The van der Waals surface area contributed by atoms with Crippen molar-refractivity contribution in [2.24, 2.45) is 0 Å². The van der Waals surface area contributed by atoms with Gasteiger partial charge in [0.2, 0.25) is 0 Å². The van der Waals surface area contributed by atoms with Gasteiger partial charge in [0.05, 0.1) is 0 Å². The maximum Gasteiger partial charge on any atom is 0.408 e. The number of halogens is 3. The summed E-state index contributed by atoms with van der Waals surface area (Å²) in [7, 11) is 3.36. The number of carbonyl (C=O) groups is 1. The molecule has 9 heteroatoms. The Morgan fingerprint density at radius 3 is 2.41 bits per heavy atom. The molecular weight excluding hydrogens is 299 g/mol. The second-order valence-corrected chi connectivity index (χ2v) is 5.73. The van der Waals surface area contributed by atoms with Gasteiger partial charge in [0, 0.05) is 33.1 Å². The van der Waals surface area contributed by atoms with Crippen LogP contribution in [-0.2, 0) is 6.54 Å². The average molecular weight is 319 g/mol. The van der Waals surface area contributed by atoms with E-state index in [1.165, 1.54) is 4.90 Å². The average Bonchev–Trinajstić information content (AvgIpc) is 2.76. The molecule has 1 aromatic rings. The van der Waals surface area contributed by atoms with Gasteiger partial charge >= 0.3 is 12.2 Å². The Labute approximate surface area is 126 Å². The van der Waals surface area contributed by atoms with E-state index in [9.17, 15) is 18.0 Å². The number of urea groups is 1. The van der Waals surface area contributed by atoms with Gasteiger partial charge in [-0.2, -0.15) is 18.3 Å². The number of aryl methyl sites for hydroxylation is 1. The normalized spacial score (nSPS) is 16.9. The summed E-state index contributed by atoms with van der Waals surface area (Å²) in [5.41, 5.74) is 0. The number of carbonyl (C=O) groups excluding carboxylic acids is 1. The van der Waals surface area contributed by atoms with Crippen molar-refractivity contribution in [3.63, 3.8) is 0 Å². The summed E-state index contributed by atoms with van der Waals surface area (Å²) < 4.78 is 38.8. The van der Waals surface area contributed by atoms with Crippen molar-refractivity contribution in [1.29, 1.82) is 0 Å². The van der Waals surface area contributed by atoms with E-state index < -0.39 is 12.7 Å². The lowest BCUT2D eigenvalue weighted by atomic mass is 9.96. The van der Waals surface area contributed by atoms with E-state index in [0.29, 0.717) is 37.6 Å². The maximum absolute atomic E-state index is 12.6. The highest BCUT2D eigenvalue weighted by Crippen LogP contribution is 2.29. The van der Waals surface area contributed by atoms with Crippen LogP contribution in [0.1, 0.15) is 30.4 Å². The van der Waals surface area contributed by atoms with Gasteiger partial charge in [0.15, 0.2) is 0 Å². The number of aromatic nitrogens is 3. The molecule has 0 bridgehead atoms. The summed E-state index contributed by atoms with van der Waals surface area (Å²) in [6.45, 7) is 1.49. The van der Waals surface area contributed by atoms with Crippen LogP contribution in [0.25, 0.3) is 0 Å². The van der Waals surface area contributed by atoms with E-state index in [2.05, 4.69) is 10.1 Å². The summed E-state index contributed by atoms with van der Waals surface area (Å²) >= 11 is 0. The van der Waals surface area contributed by atoms with Gasteiger partial charge in [-0.3, -0.25) is 0 Å². The first-order valence-corrected chi connectivity index (χ1v) is 7.11. The minimum atomic E-state index is -4.32. The van der Waals surface area contributed by atoms with Crippen LogP contribution in [0.4, 0.5) is 18.0 Å². The van der Waals surface area contributed by atoms with E-state index in [1.54, 1.807) is 25.9 Å². The fourth-order valence-corrected chi connectivity index (χ4v) is 2.67. The Hall–Kier alpha value is -1.80. The number of amides is 2. The molecule has 0 aromatic carbocycles. The van der Waals surface area contributed by atoms with Gasteiger partial charge in [0.25, 0.3) is 0 Å². The molecule has 1 aliphatic rings. The first kappa shape index (κ1) is 16.6. The molecule has 0 spiro atoms. The van der Waals surface area contributed by atoms with Crippen molar-refractivity contribution < 1.29 is 18.0 Å². The van der Waals surface area contributed by atoms with Crippen LogP contribution in [0.3, 0.4) is 0 Å². The van der Waals surface area contributed by atoms with Crippen LogP contribution in [0, 0.1) is 6.92 Å². The lowest BCUT2D eigenvalue weighted by Crippen LogP contribution is -2.43. The van der Waals surface area contributed by atoms with Crippen LogP contribution < -0.4 is 0 Å². The number of alkyl halides is 3. The van der Waals surface area contributed by atoms with E-state index in [0.717, 1.165) is 4.68 Å². The van der Waals surface area contributed by atoms with E-state index in [4.69, 9.17) is 0 Å². The Kier molecular flexibility index (Phi) is 4.62. The number of hydrogen-bond acceptors (Lipinski definition) is 3. The van der Waals surface area contributed by atoms with Crippen LogP contribution in [0.15, 0.2) is 0 Å². The Morgan fingerprint density at radius 1 is 1.32 bits per heavy atom. The molecule has 2 heterocycles. The number of hydrogen-bond donors (Lipinski definition) is 0. The molecule has 1 aliphatic heterocycles. The van der Waals surface area contributed by atoms with Gasteiger partial charge < -0.3 is 9.80 Å². The van der Waals surface area contributed by atoms with Gasteiger partial charge in [-0.25, -0.2) is 14.5 Å². The molecule has 0 aliphatic carbocycles. The molecule has 0 atom stereocenters. The fraction of sp³-hybridized carbons (Fsp3) is 0.769. The van der Waals surface area contributed by atoms with Crippen LogP contribution >= 0.6 is 0 Å². The second-order valence-electron chi connectivity index (χ2n) is 5.73. The van der Waals surface area contributed by atoms with Crippen molar-refractivity contribution in [3.8, 4) is 0 Å². The third-order valence-electron chi connectivity index (χ3n) is 3.65. The molecule has 2 amide bonds. The number of nitrogens with zero attached hydrogens (tertiary/aromatic N) is 5. The highest BCUT2D eigenvalue weighted by Gasteiger charge is 2.33. The molecule has 22 heavy (non-hydrogen) atoms. The van der Waals surface area contributed by atoms with Crippen LogP contribution in [0.2, 0.25) is 0 Å². The molecule has 2 rings (SSSR count). The number of rotatable bonds is 2. The summed E-state index contributed by atoms with van der Waals surface area (Å²) in [5, 5.41) is 3.85. The molecule has 0 saturated carbocycles. The summed E-state index contributed by atoms with van der Waals surface area (Å²) in [6, 6.07) is -0.0774. The van der Waals surface area contributed by atoms with E-state index in [1.807, 2.05) is 0 Å². The van der Waals surface area contributed by atoms with Gasteiger partial charge in [-0.1, -0.05) is 0 Å². The van der Waals surface area contributed by atoms with Crippen molar-refractivity contribution in [2.75, 3.05) is 27.2 Å². The predicted molar refractivity (Wildman–Crippen MR) is 73.4 cm³/mol. The van der Waals surface area contributed by atoms with Crippen LogP contribution in [-0.4, -0.2) is 64.0 Å². The monoisotopic (exact) mass is 319 g/mol. The minimum Gasteiger partial charge on any atom is -0.331 e. The quantitative estimate of drug-likeness (QED) is 0.838. The maximum atomic E-state index is 12.6. The lowest BCUT2D eigenvalue weighted by Gasteiger charge is -2.33. The third kappa shape index (κ3) is 3.89. The Balaban J connectivity index is 2.07. The first-order chi connectivity index (χ1) is 10.2.